The first-order valence-electron chi connectivity index (χ1n) is 5.32. The van der Waals surface area contributed by atoms with E-state index in [-0.39, 0.29) is 0 Å². The molecule has 0 aliphatic heterocycles. The van der Waals surface area contributed by atoms with Crippen LogP contribution in [0, 0.1) is 0 Å². The van der Waals surface area contributed by atoms with Crippen LogP contribution in [0.1, 0.15) is 56.2 Å². The summed E-state index contributed by atoms with van der Waals surface area (Å²) in [5.41, 5.74) is 4.14. The van der Waals surface area contributed by atoms with Gasteiger partial charge in [0.05, 0.1) is 0 Å². The van der Waals surface area contributed by atoms with Crippen molar-refractivity contribution in [3.63, 3.8) is 0 Å². The van der Waals surface area contributed by atoms with Crippen molar-refractivity contribution in [3.8, 4) is 0 Å². The van der Waals surface area contributed by atoms with Crippen LogP contribution < -0.4 is 0 Å². The summed E-state index contributed by atoms with van der Waals surface area (Å²) in [6.07, 6.45) is 1.91. The predicted octanol–water partition coefficient (Wildman–Crippen LogP) is 4.58. The summed E-state index contributed by atoms with van der Waals surface area (Å²) < 4.78 is 0. The fraction of sp³-hybridized carbons (Fsp3) is 0.429. The minimum atomic E-state index is 0.590. The van der Waals surface area contributed by atoms with Crippen molar-refractivity contribution in [2.75, 3.05) is 0 Å². The molecular formula is C14H20. The molecule has 76 valence electrons. The molecule has 0 unspecified atom stereocenters. The predicted molar refractivity (Wildman–Crippen MR) is 64.7 cm³/mol. The quantitative estimate of drug-likeness (QED) is 0.651. The van der Waals surface area contributed by atoms with Gasteiger partial charge in [0.1, 0.15) is 0 Å². The van der Waals surface area contributed by atoms with Crippen molar-refractivity contribution in [3.05, 3.63) is 41.5 Å². The highest BCUT2D eigenvalue weighted by Crippen LogP contribution is 2.27. The first-order valence-corrected chi connectivity index (χ1v) is 5.32. The second-order valence-electron chi connectivity index (χ2n) is 4.40. The number of hydrogen-bond acceptors (Lipinski definition) is 0. The molecule has 0 atom stereocenters. The molecule has 0 aliphatic rings. The third-order valence-corrected chi connectivity index (χ3v) is 2.59. The van der Waals surface area contributed by atoms with E-state index >= 15 is 0 Å². The van der Waals surface area contributed by atoms with Crippen molar-refractivity contribution in [2.24, 2.45) is 0 Å². The average molecular weight is 188 g/mol. The summed E-state index contributed by atoms with van der Waals surface area (Å²) in [7, 11) is 0. The first kappa shape index (κ1) is 11.0. The van der Waals surface area contributed by atoms with E-state index in [1.807, 2.05) is 6.08 Å². The Morgan fingerprint density at radius 3 is 2.00 bits per heavy atom. The van der Waals surface area contributed by atoms with Crippen LogP contribution in [0.3, 0.4) is 0 Å². The van der Waals surface area contributed by atoms with E-state index in [0.29, 0.717) is 11.8 Å². The second kappa shape index (κ2) is 4.45. The van der Waals surface area contributed by atoms with Crippen molar-refractivity contribution in [1.29, 1.82) is 0 Å². The van der Waals surface area contributed by atoms with Gasteiger partial charge in [0.15, 0.2) is 0 Å². The fourth-order valence-corrected chi connectivity index (χ4v) is 1.75. The highest BCUT2D eigenvalue weighted by atomic mass is 14.1. The molecule has 0 amide bonds. The third-order valence-electron chi connectivity index (χ3n) is 2.59. The van der Waals surface area contributed by atoms with Gasteiger partial charge >= 0.3 is 0 Å². The zero-order valence-corrected chi connectivity index (χ0v) is 9.67. The number of rotatable bonds is 3. The Labute approximate surface area is 87.7 Å². The second-order valence-corrected chi connectivity index (χ2v) is 4.40. The first-order chi connectivity index (χ1) is 6.56. The van der Waals surface area contributed by atoms with Crippen LogP contribution >= 0.6 is 0 Å². The topological polar surface area (TPSA) is 0 Å². The van der Waals surface area contributed by atoms with Crippen LogP contribution in [0.15, 0.2) is 24.8 Å². The van der Waals surface area contributed by atoms with Gasteiger partial charge in [0.2, 0.25) is 0 Å². The molecule has 0 saturated carbocycles. The number of benzene rings is 1. The lowest BCUT2D eigenvalue weighted by Crippen LogP contribution is -1.98. The Morgan fingerprint density at radius 1 is 1.00 bits per heavy atom. The average Bonchev–Trinajstić information content (AvgIpc) is 2.16. The molecule has 0 fully saturated rings. The molecule has 0 aliphatic carbocycles. The summed E-state index contributed by atoms with van der Waals surface area (Å²) in [6, 6.07) is 6.64. The van der Waals surface area contributed by atoms with E-state index < -0.39 is 0 Å². The van der Waals surface area contributed by atoms with E-state index in [1.54, 1.807) is 0 Å². The zero-order valence-electron chi connectivity index (χ0n) is 9.67. The van der Waals surface area contributed by atoms with E-state index in [4.69, 9.17) is 0 Å². The van der Waals surface area contributed by atoms with Crippen molar-refractivity contribution >= 4 is 6.08 Å². The minimum absolute atomic E-state index is 0.590. The van der Waals surface area contributed by atoms with Gasteiger partial charge in [-0.15, -0.1) is 0 Å². The summed E-state index contributed by atoms with van der Waals surface area (Å²) in [4.78, 5) is 0. The molecule has 1 aromatic rings. The van der Waals surface area contributed by atoms with E-state index in [9.17, 15) is 0 Å². The largest absolute Gasteiger partial charge is 0.0985 e. The lowest BCUT2D eigenvalue weighted by Gasteiger charge is -2.16. The highest BCUT2D eigenvalue weighted by molar-refractivity contribution is 5.51. The molecule has 0 nitrogen and oxygen atoms in total. The molecule has 0 spiro atoms. The molecule has 0 heterocycles. The maximum Gasteiger partial charge on any atom is -0.0216 e. The lowest BCUT2D eigenvalue weighted by atomic mass is 9.89. The molecule has 0 aromatic heterocycles. The van der Waals surface area contributed by atoms with E-state index in [2.05, 4.69) is 52.5 Å². The van der Waals surface area contributed by atoms with E-state index in [1.165, 1.54) is 16.7 Å². The molecule has 0 radical (unpaired) electrons. The van der Waals surface area contributed by atoms with Crippen LogP contribution in [0.25, 0.3) is 6.08 Å². The molecular weight excluding hydrogens is 168 g/mol. The van der Waals surface area contributed by atoms with Crippen LogP contribution in [0.5, 0.6) is 0 Å². The lowest BCUT2D eigenvalue weighted by molar-refractivity contribution is 0.790. The van der Waals surface area contributed by atoms with Gasteiger partial charge in [-0.3, -0.25) is 0 Å². The van der Waals surface area contributed by atoms with Gasteiger partial charge < -0.3 is 0 Å². The summed E-state index contributed by atoms with van der Waals surface area (Å²) in [5.74, 6) is 1.19. The Kier molecular flexibility index (Phi) is 3.51. The summed E-state index contributed by atoms with van der Waals surface area (Å²) in [5, 5.41) is 0. The highest BCUT2D eigenvalue weighted by Gasteiger charge is 2.09. The maximum atomic E-state index is 3.81. The molecule has 0 saturated heterocycles. The summed E-state index contributed by atoms with van der Waals surface area (Å²) in [6.45, 7) is 12.8. The number of hydrogen-bond donors (Lipinski definition) is 0. The van der Waals surface area contributed by atoms with Gasteiger partial charge in [-0.1, -0.05) is 58.5 Å². The van der Waals surface area contributed by atoms with Gasteiger partial charge in [0.25, 0.3) is 0 Å². The molecule has 1 aromatic carbocycles. The maximum absolute atomic E-state index is 3.81. The molecule has 14 heavy (non-hydrogen) atoms. The van der Waals surface area contributed by atoms with Crippen LogP contribution in [0.4, 0.5) is 0 Å². The van der Waals surface area contributed by atoms with Gasteiger partial charge in [0, 0.05) is 0 Å². The molecule has 0 N–H and O–H groups in total. The van der Waals surface area contributed by atoms with Crippen molar-refractivity contribution in [1.82, 2.24) is 0 Å². The molecule has 0 bridgehead atoms. The Balaban J connectivity index is 3.23. The molecule has 1 rings (SSSR count). The van der Waals surface area contributed by atoms with Crippen LogP contribution in [0.2, 0.25) is 0 Å². The normalized spacial score (nSPS) is 11.0. The van der Waals surface area contributed by atoms with E-state index in [0.717, 1.165) is 0 Å². The molecule has 0 heteroatoms. The minimum Gasteiger partial charge on any atom is -0.0985 e. The smallest absolute Gasteiger partial charge is 0.0216 e. The van der Waals surface area contributed by atoms with Crippen LogP contribution in [-0.2, 0) is 0 Å². The van der Waals surface area contributed by atoms with Gasteiger partial charge in [-0.05, 0) is 28.5 Å². The van der Waals surface area contributed by atoms with Crippen molar-refractivity contribution < 1.29 is 0 Å². The Bertz CT molecular complexity index is 319. The van der Waals surface area contributed by atoms with Crippen molar-refractivity contribution in [2.45, 2.75) is 39.5 Å². The summed E-state index contributed by atoms with van der Waals surface area (Å²) >= 11 is 0. The van der Waals surface area contributed by atoms with Crippen LogP contribution in [-0.4, -0.2) is 0 Å². The standard InChI is InChI=1S/C14H20/c1-6-12-7-8-13(10(2)3)14(9-12)11(4)5/h6-11H,1H2,2-5H3. The Morgan fingerprint density at radius 2 is 1.57 bits per heavy atom. The zero-order chi connectivity index (χ0) is 10.7. The van der Waals surface area contributed by atoms with Gasteiger partial charge in [-0.25, -0.2) is 0 Å². The SMILES string of the molecule is C=Cc1ccc(C(C)C)c(C(C)C)c1. The fourth-order valence-electron chi connectivity index (χ4n) is 1.75. The third kappa shape index (κ3) is 2.25. The monoisotopic (exact) mass is 188 g/mol. The Hall–Kier alpha value is -1.04. The van der Waals surface area contributed by atoms with Gasteiger partial charge in [-0.2, -0.15) is 0 Å².